The van der Waals surface area contributed by atoms with Gasteiger partial charge >= 0.3 is 0 Å². The first-order chi connectivity index (χ1) is 13.5. The van der Waals surface area contributed by atoms with E-state index in [0.29, 0.717) is 34.3 Å². The summed E-state index contributed by atoms with van der Waals surface area (Å²) >= 11 is 5.90. The standard InChI is InChI=1S/C23H20ClFO3/c1-3-4-15-13-19(28-17-7-5-16(24)6-8-17)9-11-20(15)23(26)21-14-18(27-2)10-12-22(21)25/h5-14H,3-4H2,1-2H3. The molecule has 0 heterocycles. The van der Waals surface area contributed by atoms with Crippen LogP contribution in [0.5, 0.6) is 17.2 Å². The molecule has 0 aliphatic carbocycles. The highest BCUT2D eigenvalue weighted by Gasteiger charge is 2.19. The van der Waals surface area contributed by atoms with Crippen molar-refractivity contribution in [3.63, 3.8) is 0 Å². The molecule has 0 N–H and O–H groups in total. The number of ether oxygens (including phenoxy) is 2. The highest BCUT2D eigenvalue weighted by molar-refractivity contribution is 6.30. The number of methoxy groups -OCH3 is 1. The molecule has 0 aliphatic rings. The minimum atomic E-state index is -0.574. The summed E-state index contributed by atoms with van der Waals surface area (Å²) in [6, 6.07) is 16.4. The summed E-state index contributed by atoms with van der Waals surface area (Å²) in [5.74, 6) is 0.732. The average molecular weight is 399 g/mol. The molecule has 0 bridgehead atoms. The summed E-state index contributed by atoms with van der Waals surface area (Å²) in [4.78, 5) is 13.0. The van der Waals surface area contributed by atoms with Crippen LogP contribution >= 0.6 is 11.6 Å². The molecule has 3 aromatic rings. The number of halogens is 2. The third kappa shape index (κ3) is 4.52. The van der Waals surface area contributed by atoms with Crippen LogP contribution in [0.25, 0.3) is 0 Å². The van der Waals surface area contributed by atoms with Crippen LogP contribution in [0.4, 0.5) is 4.39 Å². The van der Waals surface area contributed by atoms with E-state index in [1.165, 1.54) is 25.3 Å². The predicted octanol–water partition coefficient (Wildman–Crippen LogP) is 6.46. The predicted molar refractivity (Wildman–Crippen MR) is 108 cm³/mol. The van der Waals surface area contributed by atoms with Gasteiger partial charge in [0.1, 0.15) is 23.1 Å². The molecular weight excluding hydrogens is 379 g/mol. The minimum Gasteiger partial charge on any atom is -0.497 e. The Morgan fingerprint density at radius 3 is 2.29 bits per heavy atom. The van der Waals surface area contributed by atoms with Crippen molar-refractivity contribution in [2.75, 3.05) is 7.11 Å². The number of rotatable bonds is 7. The summed E-state index contributed by atoms with van der Waals surface area (Å²) in [5, 5.41) is 0.625. The molecule has 0 unspecified atom stereocenters. The molecule has 0 radical (unpaired) electrons. The first kappa shape index (κ1) is 19.9. The van der Waals surface area contributed by atoms with Gasteiger partial charge in [-0.3, -0.25) is 4.79 Å². The lowest BCUT2D eigenvalue weighted by atomic mass is 9.95. The number of hydrogen-bond donors (Lipinski definition) is 0. The molecule has 3 rings (SSSR count). The summed E-state index contributed by atoms with van der Waals surface area (Å²) in [6.45, 7) is 2.02. The Morgan fingerprint density at radius 1 is 0.929 bits per heavy atom. The van der Waals surface area contributed by atoms with Crippen LogP contribution in [-0.2, 0) is 6.42 Å². The molecular formula is C23H20ClFO3. The maximum atomic E-state index is 14.2. The first-order valence-corrected chi connectivity index (χ1v) is 9.34. The topological polar surface area (TPSA) is 35.5 Å². The monoisotopic (exact) mass is 398 g/mol. The lowest BCUT2D eigenvalue weighted by molar-refractivity contribution is 0.103. The van der Waals surface area contributed by atoms with Crippen LogP contribution in [0.15, 0.2) is 60.7 Å². The van der Waals surface area contributed by atoms with Gasteiger partial charge in [0.15, 0.2) is 5.78 Å². The van der Waals surface area contributed by atoms with Crippen LogP contribution in [0.3, 0.4) is 0 Å². The van der Waals surface area contributed by atoms with Crippen molar-refractivity contribution in [3.8, 4) is 17.2 Å². The largest absolute Gasteiger partial charge is 0.497 e. The van der Waals surface area contributed by atoms with E-state index < -0.39 is 5.82 Å². The van der Waals surface area contributed by atoms with Gasteiger partial charge in [-0.1, -0.05) is 24.9 Å². The SMILES string of the molecule is CCCc1cc(Oc2ccc(Cl)cc2)ccc1C(=O)c1cc(OC)ccc1F. The maximum absolute atomic E-state index is 14.2. The normalized spacial score (nSPS) is 10.6. The van der Waals surface area contributed by atoms with Gasteiger partial charge in [0.05, 0.1) is 12.7 Å². The maximum Gasteiger partial charge on any atom is 0.196 e. The Hall–Kier alpha value is -2.85. The quantitative estimate of drug-likeness (QED) is 0.428. The second-order valence-electron chi connectivity index (χ2n) is 6.30. The van der Waals surface area contributed by atoms with Gasteiger partial charge in [-0.25, -0.2) is 4.39 Å². The fourth-order valence-corrected chi connectivity index (χ4v) is 3.05. The summed E-state index contributed by atoms with van der Waals surface area (Å²) in [6.07, 6.45) is 1.51. The third-order valence-corrected chi connectivity index (χ3v) is 4.56. The van der Waals surface area contributed by atoms with Crippen molar-refractivity contribution < 1.29 is 18.7 Å². The Balaban J connectivity index is 1.94. The highest BCUT2D eigenvalue weighted by atomic mass is 35.5. The van der Waals surface area contributed by atoms with Crippen molar-refractivity contribution in [1.29, 1.82) is 0 Å². The Morgan fingerprint density at radius 2 is 1.61 bits per heavy atom. The summed E-state index contributed by atoms with van der Waals surface area (Å²) in [5.41, 5.74) is 1.25. The van der Waals surface area contributed by atoms with Crippen LogP contribution in [0.1, 0.15) is 34.8 Å². The van der Waals surface area contributed by atoms with E-state index in [0.717, 1.165) is 12.0 Å². The molecule has 144 valence electrons. The van der Waals surface area contributed by atoms with Crippen molar-refractivity contribution in [3.05, 3.63) is 88.2 Å². The van der Waals surface area contributed by atoms with Gasteiger partial charge in [0.25, 0.3) is 0 Å². The number of benzene rings is 3. The zero-order valence-corrected chi connectivity index (χ0v) is 16.4. The van der Waals surface area contributed by atoms with E-state index in [2.05, 4.69) is 0 Å². The van der Waals surface area contributed by atoms with E-state index >= 15 is 0 Å². The second kappa shape index (κ2) is 8.89. The average Bonchev–Trinajstić information content (AvgIpc) is 2.70. The van der Waals surface area contributed by atoms with E-state index in [4.69, 9.17) is 21.1 Å². The molecule has 0 fully saturated rings. The molecule has 0 amide bonds. The molecule has 28 heavy (non-hydrogen) atoms. The van der Waals surface area contributed by atoms with Crippen LogP contribution in [0.2, 0.25) is 5.02 Å². The van der Waals surface area contributed by atoms with Crippen LogP contribution in [0, 0.1) is 5.82 Å². The van der Waals surface area contributed by atoms with Crippen molar-refractivity contribution in [2.45, 2.75) is 19.8 Å². The molecule has 0 aliphatic heterocycles. The number of hydrogen-bond acceptors (Lipinski definition) is 3. The van der Waals surface area contributed by atoms with E-state index in [-0.39, 0.29) is 11.3 Å². The fraction of sp³-hybridized carbons (Fsp3) is 0.174. The van der Waals surface area contributed by atoms with Gasteiger partial charge in [-0.05, 0) is 72.6 Å². The van der Waals surface area contributed by atoms with Gasteiger partial charge in [0.2, 0.25) is 0 Å². The minimum absolute atomic E-state index is 0.0110. The number of ketones is 1. The fourth-order valence-electron chi connectivity index (χ4n) is 2.92. The van der Waals surface area contributed by atoms with E-state index in [1.807, 2.05) is 13.0 Å². The number of carbonyl (C=O) groups excluding carboxylic acids is 1. The van der Waals surface area contributed by atoms with E-state index in [9.17, 15) is 9.18 Å². The van der Waals surface area contributed by atoms with Crippen LogP contribution in [-0.4, -0.2) is 12.9 Å². The van der Waals surface area contributed by atoms with Gasteiger partial charge < -0.3 is 9.47 Å². The number of carbonyl (C=O) groups is 1. The van der Waals surface area contributed by atoms with Crippen molar-refractivity contribution in [1.82, 2.24) is 0 Å². The molecule has 0 saturated heterocycles. The molecule has 0 atom stereocenters. The van der Waals surface area contributed by atoms with Gasteiger partial charge in [-0.15, -0.1) is 0 Å². The smallest absolute Gasteiger partial charge is 0.196 e. The number of aryl methyl sites for hydroxylation is 1. The zero-order valence-electron chi connectivity index (χ0n) is 15.7. The lowest BCUT2D eigenvalue weighted by Crippen LogP contribution is -2.08. The van der Waals surface area contributed by atoms with Gasteiger partial charge in [-0.2, -0.15) is 0 Å². The Kier molecular flexibility index (Phi) is 6.32. The first-order valence-electron chi connectivity index (χ1n) is 8.96. The third-order valence-electron chi connectivity index (χ3n) is 4.31. The lowest BCUT2D eigenvalue weighted by Gasteiger charge is -2.13. The molecule has 5 heteroatoms. The van der Waals surface area contributed by atoms with Crippen molar-refractivity contribution >= 4 is 17.4 Å². The van der Waals surface area contributed by atoms with Crippen LogP contribution < -0.4 is 9.47 Å². The second-order valence-corrected chi connectivity index (χ2v) is 6.74. The summed E-state index contributed by atoms with van der Waals surface area (Å²) in [7, 11) is 1.48. The summed E-state index contributed by atoms with van der Waals surface area (Å²) < 4.78 is 25.2. The molecule has 3 aromatic carbocycles. The molecule has 0 spiro atoms. The zero-order chi connectivity index (χ0) is 20.1. The Labute approximate surface area is 168 Å². The highest BCUT2D eigenvalue weighted by Crippen LogP contribution is 2.28. The van der Waals surface area contributed by atoms with Crippen molar-refractivity contribution in [2.24, 2.45) is 0 Å². The molecule has 0 saturated carbocycles. The van der Waals surface area contributed by atoms with E-state index in [1.54, 1.807) is 36.4 Å². The Bertz CT molecular complexity index is 984. The molecule has 0 aromatic heterocycles. The van der Waals surface area contributed by atoms with Gasteiger partial charge in [0, 0.05) is 10.6 Å². The molecule has 3 nitrogen and oxygen atoms in total.